The first-order valence-corrected chi connectivity index (χ1v) is 4.36. The highest BCUT2D eigenvalue weighted by atomic mass is 16.6. The Kier molecular flexibility index (Phi) is 6.68. The van der Waals surface area contributed by atoms with Gasteiger partial charge >= 0.3 is 6.09 Å². The highest BCUT2D eigenvalue weighted by Gasteiger charge is 1.99. The standard InChI is InChI=1S/C8H16N2O3/c1-4-7(12-5-2)9-10-8(11)13-6-3/h4-6H2,1-3H3,(H,10,11)/b9-7-. The summed E-state index contributed by atoms with van der Waals surface area (Å²) < 4.78 is 9.70. The van der Waals surface area contributed by atoms with Crippen LogP contribution in [0.2, 0.25) is 0 Å². The average molecular weight is 188 g/mol. The fraction of sp³-hybridized carbons (Fsp3) is 0.750. The summed E-state index contributed by atoms with van der Waals surface area (Å²) in [7, 11) is 0. The summed E-state index contributed by atoms with van der Waals surface area (Å²) in [5.74, 6) is 0.496. The number of rotatable bonds is 4. The Balaban J connectivity index is 3.83. The van der Waals surface area contributed by atoms with Crippen molar-refractivity contribution in [2.75, 3.05) is 13.2 Å². The van der Waals surface area contributed by atoms with E-state index in [0.29, 0.717) is 25.5 Å². The van der Waals surface area contributed by atoms with Crippen LogP contribution in [0.1, 0.15) is 27.2 Å². The summed E-state index contributed by atoms with van der Waals surface area (Å²) in [5, 5.41) is 3.72. The van der Waals surface area contributed by atoms with Crippen molar-refractivity contribution in [1.82, 2.24) is 5.43 Å². The van der Waals surface area contributed by atoms with Gasteiger partial charge in [0.05, 0.1) is 13.2 Å². The molecule has 0 saturated heterocycles. The molecule has 0 unspecified atom stereocenters. The molecule has 5 nitrogen and oxygen atoms in total. The molecule has 0 atom stereocenters. The van der Waals surface area contributed by atoms with Gasteiger partial charge in [0.25, 0.3) is 0 Å². The monoisotopic (exact) mass is 188 g/mol. The Bertz CT molecular complexity index is 180. The molecule has 0 radical (unpaired) electrons. The van der Waals surface area contributed by atoms with Crippen LogP contribution in [0.3, 0.4) is 0 Å². The van der Waals surface area contributed by atoms with Gasteiger partial charge in [0.15, 0.2) is 0 Å². The zero-order valence-corrected chi connectivity index (χ0v) is 8.29. The van der Waals surface area contributed by atoms with Gasteiger partial charge < -0.3 is 9.47 Å². The molecule has 5 heteroatoms. The minimum Gasteiger partial charge on any atom is -0.480 e. The molecule has 76 valence electrons. The second-order valence-electron chi connectivity index (χ2n) is 2.12. The van der Waals surface area contributed by atoms with Crippen LogP contribution in [0.5, 0.6) is 0 Å². The van der Waals surface area contributed by atoms with Gasteiger partial charge in [-0.25, -0.2) is 10.2 Å². The second-order valence-corrected chi connectivity index (χ2v) is 2.12. The van der Waals surface area contributed by atoms with Crippen molar-refractivity contribution in [3.8, 4) is 0 Å². The van der Waals surface area contributed by atoms with Crippen molar-refractivity contribution in [3.05, 3.63) is 0 Å². The van der Waals surface area contributed by atoms with Crippen LogP contribution in [0.15, 0.2) is 5.10 Å². The maximum Gasteiger partial charge on any atom is 0.427 e. The van der Waals surface area contributed by atoms with Crippen LogP contribution >= 0.6 is 0 Å². The molecule has 0 aliphatic carbocycles. The molecule has 0 aromatic rings. The van der Waals surface area contributed by atoms with Crippen molar-refractivity contribution in [2.24, 2.45) is 5.10 Å². The van der Waals surface area contributed by atoms with E-state index in [-0.39, 0.29) is 0 Å². The number of carbonyl (C=O) groups excluding carboxylic acids is 1. The molecular formula is C8H16N2O3. The first kappa shape index (κ1) is 11.7. The number of nitrogens with zero attached hydrogens (tertiary/aromatic N) is 1. The molecule has 1 amide bonds. The maximum atomic E-state index is 10.8. The summed E-state index contributed by atoms with van der Waals surface area (Å²) in [5.41, 5.74) is 2.22. The Morgan fingerprint density at radius 3 is 2.31 bits per heavy atom. The van der Waals surface area contributed by atoms with Gasteiger partial charge in [-0.05, 0) is 13.8 Å². The van der Waals surface area contributed by atoms with Crippen LogP contribution in [0, 0.1) is 0 Å². The van der Waals surface area contributed by atoms with Gasteiger partial charge in [-0.1, -0.05) is 6.92 Å². The van der Waals surface area contributed by atoms with Gasteiger partial charge in [0.1, 0.15) is 0 Å². The molecule has 0 bridgehead atoms. The minimum atomic E-state index is -0.562. The summed E-state index contributed by atoms with van der Waals surface area (Å²) in [6, 6.07) is 0. The Hall–Kier alpha value is -1.26. The largest absolute Gasteiger partial charge is 0.480 e. The fourth-order valence-electron chi connectivity index (χ4n) is 0.651. The maximum absolute atomic E-state index is 10.8. The van der Waals surface area contributed by atoms with Gasteiger partial charge in [-0.2, -0.15) is 0 Å². The van der Waals surface area contributed by atoms with Gasteiger partial charge in [0, 0.05) is 6.42 Å². The lowest BCUT2D eigenvalue weighted by Gasteiger charge is -2.04. The summed E-state index contributed by atoms with van der Waals surface area (Å²) in [6.07, 6.45) is 0.0772. The number of nitrogens with one attached hydrogen (secondary N) is 1. The Morgan fingerprint density at radius 1 is 1.23 bits per heavy atom. The van der Waals surface area contributed by atoms with E-state index in [2.05, 4.69) is 15.3 Å². The van der Waals surface area contributed by atoms with Crippen LogP contribution in [-0.2, 0) is 9.47 Å². The summed E-state index contributed by atoms with van der Waals surface area (Å²) >= 11 is 0. The van der Waals surface area contributed by atoms with Crippen molar-refractivity contribution in [1.29, 1.82) is 0 Å². The SMILES string of the molecule is CCOC(=O)N/N=C(/CC)OCC. The van der Waals surface area contributed by atoms with E-state index in [1.165, 1.54) is 0 Å². The average Bonchev–Trinajstić information content (AvgIpc) is 2.12. The smallest absolute Gasteiger partial charge is 0.427 e. The van der Waals surface area contributed by atoms with Crippen LogP contribution in [0.25, 0.3) is 0 Å². The second kappa shape index (κ2) is 7.39. The molecule has 0 aliphatic heterocycles. The molecule has 0 rings (SSSR count). The molecule has 1 N–H and O–H groups in total. The molecule has 0 aliphatic rings. The first-order valence-electron chi connectivity index (χ1n) is 4.36. The predicted molar refractivity (Wildman–Crippen MR) is 49.5 cm³/mol. The number of ether oxygens (including phenoxy) is 2. The molecule has 0 fully saturated rings. The normalized spacial score (nSPS) is 10.8. The van der Waals surface area contributed by atoms with E-state index < -0.39 is 6.09 Å². The Morgan fingerprint density at radius 2 is 1.85 bits per heavy atom. The number of hydrogen-bond acceptors (Lipinski definition) is 4. The number of hydrazone groups is 1. The van der Waals surface area contributed by atoms with Crippen LogP contribution in [0.4, 0.5) is 4.79 Å². The lowest BCUT2D eigenvalue weighted by Crippen LogP contribution is -2.21. The van der Waals surface area contributed by atoms with Crippen molar-refractivity contribution in [3.63, 3.8) is 0 Å². The van der Waals surface area contributed by atoms with Gasteiger partial charge in [-0.15, -0.1) is 5.10 Å². The van der Waals surface area contributed by atoms with E-state index in [1.807, 2.05) is 13.8 Å². The van der Waals surface area contributed by atoms with E-state index in [9.17, 15) is 4.79 Å². The molecule has 13 heavy (non-hydrogen) atoms. The van der Waals surface area contributed by atoms with Gasteiger partial charge in [-0.3, -0.25) is 0 Å². The van der Waals surface area contributed by atoms with Crippen molar-refractivity contribution >= 4 is 12.0 Å². The van der Waals surface area contributed by atoms with Crippen LogP contribution in [-0.4, -0.2) is 25.2 Å². The lowest BCUT2D eigenvalue weighted by molar-refractivity contribution is 0.152. The molecule has 0 aromatic heterocycles. The van der Waals surface area contributed by atoms with E-state index >= 15 is 0 Å². The lowest BCUT2D eigenvalue weighted by atomic mass is 10.5. The van der Waals surface area contributed by atoms with E-state index in [4.69, 9.17) is 4.74 Å². The predicted octanol–water partition coefficient (Wildman–Crippen LogP) is 1.49. The third-order valence-electron chi connectivity index (χ3n) is 1.16. The van der Waals surface area contributed by atoms with Crippen LogP contribution < -0.4 is 5.43 Å². The number of carbonyl (C=O) groups is 1. The third-order valence-corrected chi connectivity index (χ3v) is 1.16. The summed E-state index contributed by atoms with van der Waals surface area (Å²) in [4.78, 5) is 10.8. The minimum absolute atomic E-state index is 0.331. The molecule has 0 spiro atoms. The number of hydrogen-bond donors (Lipinski definition) is 1. The van der Waals surface area contributed by atoms with Crippen molar-refractivity contribution in [2.45, 2.75) is 27.2 Å². The molecule has 0 aromatic carbocycles. The van der Waals surface area contributed by atoms with Gasteiger partial charge in [0.2, 0.25) is 5.90 Å². The van der Waals surface area contributed by atoms with E-state index in [1.54, 1.807) is 6.92 Å². The zero-order chi connectivity index (χ0) is 10.1. The highest BCUT2D eigenvalue weighted by molar-refractivity contribution is 5.77. The fourth-order valence-corrected chi connectivity index (χ4v) is 0.651. The highest BCUT2D eigenvalue weighted by Crippen LogP contribution is 1.87. The Labute approximate surface area is 78.1 Å². The molecule has 0 heterocycles. The van der Waals surface area contributed by atoms with E-state index in [0.717, 1.165) is 0 Å². The van der Waals surface area contributed by atoms with Crippen molar-refractivity contribution < 1.29 is 14.3 Å². The summed E-state index contributed by atoms with van der Waals surface area (Å²) in [6.45, 7) is 6.35. The topological polar surface area (TPSA) is 59.9 Å². The third kappa shape index (κ3) is 5.95. The number of amides is 1. The zero-order valence-electron chi connectivity index (χ0n) is 8.29. The first-order chi connectivity index (χ1) is 6.24. The molecular weight excluding hydrogens is 172 g/mol. The quantitative estimate of drug-likeness (QED) is 0.413. The molecule has 0 saturated carbocycles.